The van der Waals surface area contributed by atoms with Gasteiger partial charge in [-0.05, 0) is 30.3 Å². The van der Waals surface area contributed by atoms with Crippen molar-refractivity contribution in [2.24, 2.45) is 7.05 Å². The largest absolute Gasteiger partial charge is 0.329 e. The zero-order valence-electron chi connectivity index (χ0n) is 11.8. The molecule has 0 spiro atoms. The second kappa shape index (κ2) is 7.14. The summed E-state index contributed by atoms with van der Waals surface area (Å²) in [6.07, 6.45) is 6.19. The van der Waals surface area contributed by atoms with Crippen LogP contribution in [0.15, 0.2) is 46.7 Å². The lowest BCUT2D eigenvalue weighted by atomic mass is 10.2. The molecule has 2 rings (SSSR count). The Hall–Kier alpha value is -1.75. The fourth-order valence-corrected chi connectivity index (χ4v) is 2.65. The van der Waals surface area contributed by atoms with Gasteiger partial charge in [0.05, 0.1) is 5.69 Å². The molecule has 0 fully saturated rings. The number of para-hydroxylation sites is 1. The Labute approximate surface area is 123 Å². The molecule has 106 valence electrons. The highest BCUT2D eigenvalue weighted by molar-refractivity contribution is 7.99. The highest BCUT2D eigenvalue weighted by Crippen LogP contribution is 2.32. The highest BCUT2D eigenvalue weighted by Gasteiger charge is 2.09. The molecule has 2 aromatic rings. The summed E-state index contributed by atoms with van der Waals surface area (Å²) in [7, 11) is 1.96. The van der Waals surface area contributed by atoms with Gasteiger partial charge in [-0.25, -0.2) is 4.98 Å². The van der Waals surface area contributed by atoms with Gasteiger partial charge in [0.15, 0.2) is 5.16 Å². The van der Waals surface area contributed by atoms with Crippen LogP contribution in [0.4, 0.5) is 5.69 Å². The molecule has 1 heterocycles. The first-order chi connectivity index (χ1) is 9.70. The lowest BCUT2D eigenvalue weighted by Crippen LogP contribution is -2.11. The van der Waals surface area contributed by atoms with Gasteiger partial charge < -0.3 is 9.88 Å². The van der Waals surface area contributed by atoms with Crippen LogP contribution in [0.1, 0.15) is 26.2 Å². The van der Waals surface area contributed by atoms with Crippen LogP contribution < -0.4 is 5.32 Å². The molecule has 0 aliphatic carbocycles. The number of unbranched alkanes of at least 4 members (excludes halogenated alkanes) is 1. The van der Waals surface area contributed by atoms with Gasteiger partial charge in [0.1, 0.15) is 0 Å². The first-order valence-electron chi connectivity index (χ1n) is 6.74. The molecule has 0 saturated carbocycles. The molecule has 1 amide bonds. The molecule has 0 aliphatic rings. The smallest absolute Gasteiger partial charge is 0.224 e. The van der Waals surface area contributed by atoms with Crippen molar-refractivity contribution in [3.8, 4) is 0 Å². The van der Waals surface area contributed by atoms with Crippen molar-refractivity contribution in [2.45, 2.75) is 36.2 Å². The molecule has 0 bridgehead atoms. The average Bonchev–Trinajstić information content (AvgIpc) is 2.84. The number of aromatic nitrogens is 2. The van der Waals surface area contributed by atoms with Crippen molar-refractivity contribution in [2.75, 3.05) is 5.32 Å². The minimum Gasteiger partial charge on any atom is -0.329 e. The van der Waals surface area contributed by atoms with E-state index in [0.717, 1.165) is 28.6 Å². The fraction of sp³-hybridized carbons (Fsp3) is 0.333. The first kappa shape index (κ1) is 14.7. The number of nitrogens with zero attached hydrogens (tertiary/aromatic N) is 2. The average molecular weight is 289 g/mol. The molecule has 0 unspecified atom stereocenters. The topological polar surface area (TPSA) is 46.9 Å². The van der Waals surface area contributed by atoms with Crippen LogP contribution in [0.25, 0.3) is 0 Å². The van der Waals surface area contributed by atoms with E-state index >= 15 is 0 Å². The van der Waals surface area contributed by atoms with E-state index in [9.17, 15) is 4.79 Å². The van der Waals surface area contributed by atoms with Gasteiger partial charge in [-0.15, -0.1) is 0 Å². The Balaban J connectivity index is 2.10. The molecule has 20 heavy (non-hydrogen) atoms. The Kier molecular flexibility index (Phi) is 5.24. The van der Waals surface area contributed by atoms with E-state index in [4.69, 9.17) is 0 Å². The number of aryl methyl sites for hydroxylation is 1. The summed E-state index contributed by atoms with van der Waals surface area (Å²) in [6, 6.07) is 7.81. The fourth-order valence-electron chi connectivity index (χ4n) is 1.76. The summed E-state index contributed by atoms with van der Waals surface area (Å²) in [5.41, 5.74) is 0.849. The number of anilines is 1. The van der Waals surface area contributed by atoms with Gasteiger partial charge in [-0.1, -0.05) is 25.5 Å². The molecule has 0 aliphatic heterocycles. The van der Waals surface area contributed by atoms with E-state index in [2.05, 4.69) is 17.2 Å². The predicted molar refractivity (Wildman–Crippen MR) is 81.9 cm³/mol. The summed E-state index contributed by atoms with van der Waals surface area (Å²) in [6.45, 7) is 2.08. The Morgan fingerprint density at radius 1 is 1.40 bits per heavy atom. The van der Waals surface area contributed by atoms with Crippen molar-refractivity contribution in [1.82, 2.24) is 9.55 Å². The van der Waals surface area contributed by atoms with Crippen LogP contribution in [0.3, 0.4) is 0 Å². The standard InChI is InChI=1S/C15H19N3OS/c1-3-4-9-14(19)17-12-7-5-6-8-13(12)20-15-16-10-11-18(15)2/h5-8,10-11H,3-4,9H2,1-2H3,(H,17,19). The van der Waals surface area contributed by atoms with Crippen molar-refractivity contribution in [3.05, 3.63) is 36.7 Å². The van der Waals surface area contributed by atoms with E-state index in [1.807, 2.05) is 42.1 Å². The van der Waals surface area contributed by atoms with Crippen LogP contribution in [-0.2, 0) is 11.8 Å². The van der Waals surface area contributed by atoms with Crippen LogP contribution in [0.2, 0.25) is 0 Å². The Morgan fingerprint density at radius 3 is 2.90 bits per heavy atom. The zero-order chi connectivity index (χ0) is 14.4. The van der Waals surface area contributed by atoms with Gasteiger partial charge >= 0.3 is 0 Å². The van der Waals surface area contributed by atoms with Gasteiger partial charge in [-0.2, -0.15) is 0 Å². The summed E-state index contributed by atoms with van der Waals surface area (Å²) in [5, 5.41) is 3.88. The number of amides is 1. The third-order valence-corrected chi connectivity index (χ3v) is 4.05. The van der Waals surface area contributed by atoms with Crippen molar-refractivity contribution in [1.29, 1.82) is 0 Å². The molecule has 0 atom stereocenters. The number of hydrogen-bond acceptors (Lipinski definition) is 3. The molecule has 1 aromatic heterocycles. The molecule has 5 heteroatoms. The van der Waals surface area contributed by atoms with Crippen molar-refractivity contribution < 1.29 is 4.79 Å². The lowest BCUT2D eigenvalue weighted by Gasteiger charge is -2.10. The quantitative estimate of drug-likeness (QED) is 0.882. The van der Waals surface area contributed by atoms with Gasteiger partial charge in [0.2, 0.25) is 5.91 Å². The number of hydrogen-bond donors (Lipinski definition) is 1. The van der Waals surface area contributed by atoms with E-state index in [0.29, 0.717) is 6.42 Å². The summed E-state index contributed by atoms with van der Waals surface area (Å²) in [4.78, 5) is 17.2. The number of nitrogens with one attached hydrogen (secondary N) is 1. The summed E-state index contributed by atoms with van der Waals surface area (Å²) >= 11 is 1.55. The number of carbonyl (C=O) groups is 1. The normalized spacial score (nSPS) is 10.5. The maximum absolute atomic E-state index is 11.9. The van der Waals surface area contributed by atoms with Crippen molar-refractivity contribution >= 4 is 23.4 Å². The molecule has 0 saturated heterocycles. The number of benzene rings is 1. The minimum atomic E-state index is 0.0692. The molecular formula is C15H19N3OS. The first-order valence-corrected chi connectivity index (χ1v) is 7.56. The predicted octanol–water partition coefficient (Wildman–Crippen LogP) is 3.70. The number of imidazole rings is 1. The lowest BCUT2D eigenvalue weighted by molar-refractivity contribution is -0.116. The van der Waals surface area contributed by atoms with Crippen LogP contribution in [0, 0.1) is 0 Å². The zero-order valence-corrected chi connectivity index (χ0v) is 12.6. The van der Waals surface area contributed by atoms with Gasteiger partial charge in [-0.3, -0.25) is 4.79 Å². The van der Waals surface area contributed by atoms with Gasteiger partial charge in [0, 0.05) is 30.8 Å². The third-order valence-electron chi connectivity index (χ3n) is 2.90. The second-order valence-electron chi connectivity index (χ2n) is 4.57. The van der Waals surface area contributed by atoms with Crippen LogP contribution >= 0.6 is 11.8 Å². The minimum absolute atomic E-state index is 0.0692. The Bertz CT molecular complexity index is 580. The second-order valence-corrected chi connectivity index (χ2v) is 5.58. The van der Waals surface area contributed by atoms with Crippen LogP contribution in [-0.4, -0.2) is 15.5 Å². The summed E-state index contributed by atoms with van der Waals surface area (Å²) in [5.74, 6) is 0.0692. The molecule has 0 radical (unpaired) electrons. The van der Waals surface area contributed by atoms with E-state index in [1.165, 1.54) is 0 Å². The third kappa shape index (κ3) is 3.87. The molecule has 4 nitrogen and oxygen atoms in total. The van der Waals surface area contributed by atoms with Crippen molar-refractivity contribution in [3.63, 3.8) is 0 Å². The Morgan fingerprint density at radius 2 is 2.20 bits per heavy atom. The summed E-state index contributed by atoms with van der Waals surface area (Å²) < 4.78 is 1.96. The van der Waals surface area contributed by atoms with E-state index in [-0.39, 0.29) is 5.91 Å². The maximum Gasteiger partial charge on any atom is 0.224 e. The van der Waals surface area contributed by atoms with Gasteiger partial charge in [0.25, 0.3) is 0 Å². The SMILES string of the molecule is CCCCC(=O)Nc1ccccc1Sc1nccn1C. The van der Waals surface area contributed by atoms with Crippen LogP contribution in [0.5, 0.6) is 0 Å². The maximum atomic E-state index is 11.9. The number of rotatable bonds is 6. The molecular weight excluding hydrogens is 270 g/mol. The van der Waals surface area contributed by atoms with E-state index in [1.54, 1.807) is 18.0 Å². The highest BCUT2D eigenvalue weighted by atomic mass is 32.2. The van der Waals surface area contributed by atoms with E-state index < -0.39 is 0 Å². The molecule has 1 N–H and O–H groups in total. The monoisotopic (exact) mass is 289 g/mol. The molecule has 1 aromatic carbocycles. The number of carbonyl (C=O) groups excluding carboxylic acids is 1.